The van der Waals surface area contributed by atoms with Gasteiger partial charge in [-0.25, -0.2) is 0 Å². The van der Waals surface area contributed by atoms with Gasteiger partial charge >= 0.3 is 0 Å². The highest BCUT2D eigenvalue weighted by atomic mass is 16.5. The van der Waals surface area contributed by atoms with E-state index in [0.29, 0.717) is 11.8 Å². The standard InChI is InChI=1S/C10H19NO2/c1-13-8-2-7-11-9-3-5-10(12)6-4-9/h9,11H,2-8H2,1H3. The molecule has 1 aliphatic rings. The van der Waals surface area contributed by atoms with Gasteiger partial charge in [0, 0.05) is 32.6 Å². The molecule has 76 valence electrons. The number of carbonyl (C=O) groups is 1. The topological polar surface area (TPSA) is 38.3 Å². The van der Waals surface area contributed by atoms with E-state index in [9.17, 15) is 4.79 Å². The van der Waals surface area contributed by atoms with E-state index in [1.807, 2.05) is 0 Å². The summed E-state index contributed by atoms with van der Waals surface area (Å²) in [7, 11) is 1.72. The van der Waals surface area contributed by atoms with Crippen LogP contribution in [0.2, 0.25) is 0 Å². The maximum absolute atomic E-state index is 10.9. The average molecular weight is 185 g/mol. The van der Waals surface area contributed by atoms with Gasteiger partial charge in [-0.05, 0) is 25.8 Å². The molecule has 13 heavy (non-hydrogen) atoms. The van der Waals surface area contributed by atoms with Crippen molar-refractivity contribution in [2.45, 2.75) is 38.1 Å². The van der Waals surface area contributed by atoms with Crippen LogP contribution in [0.15, 0.2) is 0 Å². The lowest BCUT2D eigenvalue weighted by Gasteiger charge is -2.22. The van der Waals surface area contributed by atoms with Crippen LogP contribution in [0.5, 0.6) is 0 Å². The van der Waals surface area contributed by atoms with Gasteiger partial charge in [-0.1, -0.05) is 0 Å². The Morgan fingerprint density at radius 2 is 2.15 bits per heavy atom. The molecule has 0 aromatic heterocycles. The quantitative estimate of drug-likeness (QED) is 0.652. The summed E-state index contributed by atoms with van der Waals surface area (Å²) < 4.78 is 4.95. The van der Waals surface area contributed by atoms with Gasteiger partial charge in [-0.3, -0.25) is 4.79 Å². The molecule has 0 unspecified atom stereocenters. The molecule has 1 N–H and O–H groups in total. The maximum atomic E-state index is 10.9. The van der Waals surface area contributed by atoms with Crippen molar-refractivity contribution in [2.24, 2.45) is 0 Å². The second-order valence-electron chi connectivity index (χ2n) is 3.61. The molecule has 0 saturated heterocycles. The van der Waals surface area contributed by atoms with E-state index in [0.717, 1.165) is 45.3 Å². The summed E-state index contributed by atoms with van der Waals surface area (Å²) in [5.74, 6) is 0.426. The molecule has 0 bridgehead atoms. The van der Waals surface area contributed by atoms with Crippen molar-refractivity contribution >= 4 is 5.78 Å². The zero-order chi connectivity index (χ0) is 9.52. The van der Waals surface area contributed by atoms with Crippen LogP contribution in [-0.4, -0.2) is 32.1 Å². The highest BCUT2D eigenvalue weighted by molar-refractivity contribution is 5.79. The Labute approximate surface area is 79.8 Å². The molecular formula is C10H19NO2. The molecule has 3 heteroatoms. The van der Waals surface area contributed by atoms with Gasteiger partial charge < -0.3 is 10.1 Å². The molecule has 0 amide bonds. The molecule has 0 aromatic carbocycles. The fourth-order valence-corrected chi connectivity index (χ4v) is 1.67. The minimum Gasteiger partial charge on any atom is -0.385 e. The summed E-state index contributed by atoms with van der Waals surface area (Å²) in [4.78, 5) is 10.9. The fourth-order valence-electron chi connectivity index (χ4n) is 1.67. The third-order valence-corrected chi connectivity index (χ3v) is 2.50. The van der Waals surface area contributed by atoms with Crippen molar-refractivity contribution in [1.82, 2.24) is 5.32 Å². The molecule has 0 radical (unpaired) electrons. The summed E-state index contributed by atoms with van der Waals surface area (Å²) in [5, 5.41) is 3.44. The van der Waals surface area contributed by atoms with E-state index in [1.165, 1.54) is 0 Å². The van der Waals surface area contributed by atoms with Gasteiger partial charge in [-0.15, -0.1) is 0 Å². The molecule has 0 heterocycles. The Balaban J connectivity index is 1.99. The molecular weight excluding hydrogens is 166 g/mol. The van der Waals surface area contributed by atoms with Crippen LogP contribution in [-0.2, 0) is 9.53 Å². The maximum Gasteiger partial charge on any atom is 0.133 e. The van der Waals surface area contributed by atoms with Gasteiger partial charge in [0.1, 0.15) is 5.78 Å². The summed E-state index contributed by atoms with van der Waals surface area (Å²) >= 11 is 0. The minimum atomic E-state index is 0.426. The highest BCUT2D eigenvalue weighted by Crippen LogP contribution is 2.14. The van der Waals surface area contributed by atoms with Crippen molar-refractivity contribution < 1.29 is 9.53 Å². The van der Waals surface area contributed by atoms with Crippen LogP contribution in [0.4, 0.5) is 0 Å². The predicted molar refractivity (Wildman–Crippen MR) is 51.8 cm³/mol. The summed E-state index contributed by atoms with van der Waals surface area (Å²) in [6.45, 7) is 1.82. The van der Waals surface area contributed by atoms with Crippen LogP contribution in [0.1, 0.15) is 32.1 Å². The molecule has 1 aliphatic carbocycles. The monoisotopic (exact) mass is 185 g/mol. The van der Waals surface area contributed by atoms with Gasteiger partial charge in [0.05, 0.1) is 0 Å². The number of hydrogen-bond acceptors (Lipinski definition) is 3. The van der Waals surface area contributed by atoms with Crippen molar-refractivity contribution in [2.75, 3.05) is 20.3 Å². The van der Waals surface area contributed by atoms with Crippen molar-refractivity contribution in [3.63, 3.8) is 0 Å². The van der Waals surface area contributed by atoms with Crippen molar-refractivity contribution in [3.05, 3.63) is 0 Å². The Kier molecular flexibility index (Phi) is 5.01. The normalized spacial score (nSPS) is 19.3. The number of rotatable bonds is 5. The zero-order valence-electron chi connectivity index (χ0n) is 8.34. The van der Waals surface area contributed by atoms with E-state index in [1.54, 1.807) is 7.11 Å². The highest BCUT2D eigenvalue weighted by Gasteiger charge is 2.17. The second-order valence-corrected chi connectivity index (χ2v) is 3.61. The van der Waals surface area contributed by atoms with E-state index in [-0.39, 0.29) is 0 Å². The first kappa shape index (κ1) is 10.7. The fraction of sp³-hybridized carbons (Fsp3) is 0.900. The number of hydrogen-bond donors (Lipinski definition) is 1. The van der Waals surface area contributed by atoms with Crippen LogP contribution >= 0.6 is 0 Å². The van der Waals surface area contributed by atoms with Gasteiger partial charge in [-0.2, -0.15) is 0 Å². The first-order valence-electron chi connectivity index (χ1n) is 5.07. The summed E-state index contributed by atoms with van der Waals surface area (Å²) in [6.07, 6.45) is 4.63. The lowest BCUT2D eigenvalue weighted by molar-refractivity contribution is -0.120. The van der Waals surface area contributed by atoms with Crippen molar-refractivity contribution in [1.29, 1.82) is 0 Å². The Bertz CT molecular complexity index is 149. The van der Waals surface area contributed by atoms with Gasteiger partial charge in [0.15, 0.2) is 0 Å². The summed E-state index contributed by atoms with van der Waals surface area (Å²) in [6, 6.07) is 0.564. The molecule has 0 aliphatic heterocycles. The van der Waals surface area contributed by atoms with Crippen LogP contribution in [0, 0.1) is 0 Å². The number of ketones is 1. The minimum absolute atomic E-state index is 0.426. The van der Waals surface area contributed by atoms with Crippen molar-refractivity contribution in [3.8, 4) is 0 Å². The smallest absolute Gasteiger partial charge is 0.133 e. The van der Waals surface area contributed by atoms with E-state index in [4.69, 9.17) is 4.74 Å². The number of carbonyl (C=O) groups excluding carboxylic acids is 1. The second kappa shape index (κ2) is 6.11. The third-order valence-electron chi connectivity index (χ3n) is 2.50. The zero-order valence-corrected chi connectivity index (χ0v) is 8.34. The SMILES string of the molecule is COCCCNC1CCC(=O)CC1. The summed E-state index contributed by atoms with van der Waals surface area (Å²) in [5.41, 5.74) is 0. The average Bonchev–Trinajstić information content (AvgIpc) is 2.15. The molecule has 0 atom stereocenters. The Morgan fingerprint density at radius 3 is 2.77 bits per heavy atom. The first-order chi connectivity index (χ1) is 6.33. The first-order valence-corrected chi connectivity index (χ1v) is 5.07. The van der Waals surface area contributed by atoms with Crippen LogP contribution in [0.25, 0.3) is 0 Å². The lowest BCUT2D eigenvalue weighted by atomic mass is 9.94. The van der Waals surface area contributed by atoms with E-state index in [2.05, 4.69) is 5.32 Å². The molecule has 3 nitrogen and oxygen atoms in total. The molecule has 0 aromatic rings. The van der Waals surface area contributed by atoms with Gasteiger partial charge in [0.2, 0.25) is 0 Å². The van der Waals surface area contributed by atoms with Crippen LogP contribution in [0.3, 0.4) is 0 Å². The molecule has 1 saturated carbocycles. The van der Waals surface area contributed by atoms with E-state index < -0.39 is 0 Å². The van der Waals surface area contributed by atoms with Crippen LogP contribution < -0.4 is 5.32 Å². The molecule has 1 rings (SSSR count). The number of ether oxygens (including phenoxy) is 1. The third kappa shape index (κ3) is 4.39. The van der Waals surface area contributed by atoms with E-state index >= 15 is 0 Å². The Hall–Kier alpha value is -0.410. The number of nitrogens with one attached hydrogen (secondary N) is 1. The van der Waals surface area contributed by atoms with Gasteiger partial charge in [0.25, 0.3) is 0 Å². The number of methoxy groups -OCH3 is 1. The number of Topliss-reactive ketones (excluding diaryl/α,β-unsaturated/α-hetero) is 1. The largest absolute Gasteiger partial charge is 0.385 e. The molecule has 1 fully saturated rings. The molecule has 0 spiro atoms. The Morgan fingerprint density at radius 1 is 1.46 bits per heavy atom. The predicted octanol–water partition coefficient (Wildman–Crippen LogP) is 1.12. The lowest BCUT2D eigenvalue weighted by Crippen LogP contribution is -2.34.